The van der Waals surface area contributed by atoms with Crippen LogP contribution in [0.3, 0.4) is 0 Å². The van der Waals surface area contributed by atoms with Gasteiger partial charge in [-0.3, -0.25) is 0 Å². The van der Waals surface area contributed by atoms with Crippen molar-refractivity contribution < 1.29 is 9.84 Å². The molecule has 0 spiro atoms. The van der Waals surface area contributed by atoms with Crippen LogP contribution in [0.15, 0.2) is 40.9 Å². The molecule has 2 aromatic rings. The van der Waals surface area contributed by atoms with E-state index in [9.17, 15) is 0 Å². The topological polar surface area (TPSA) is 29.5 Å². The van der Waals surface area contributed by atoms with Crippen molar-refractivity contribution in [1.29, 1.82) is 0 Å². The summed E-state index contributed by atoms with van der Waals surface area (Å²) < 4.78 is 6.75. The number of halogens is 2. The number of aliphatic hydroxyl groups is 1. The summed E-state index contributed by atoms with van der Waals surface area (Å²) >= 11 is 9.52. The summed E-state index contributed by atoms with van der Waals surface area (Å²) in [4.78, 5) is 0. The minimum absolute atomic E-state index is 0.0304. The van der Waals surface area contributed by atoms with Gasteiger partial charge in [-0.2, -0.15) is 0 Å². The molecule has 18 heavy (non-hydrogen) atoms. The predicted octanol–water partition coefficient (Wildman–Crippen LogP) is 4.70. The maximum absolute atomic E-state index is 9.00. The maximum atomic E-state index is 9.00. The van der Waals surface area contributed by atoms with E-state index in [4.69, 9.17) is 21.4 Å². The molecule has 0 amide bonds. The maximum Gasteiger partial charge on any atom is 0.146 e. The van der Waals surface area contributed by atoms with Gasteiger partial charge >= 0.3 is 0 Å². The molecule has 0 saturated heterocycles. The predicted molar refractivity (Wildman–Crippen MR) is 76.3 cm³/mol. The molecule has 2 nitrogen and oxygen atoms in total. The molecule has 94 valence electrons. The quantitative estimate of drug-likeness (QED) is 0.885. The van der Waals surface area contributed by atoms with Crippen LogP contribution in [0.1, 0.15) is 11.1 Å². The number of aryl methyl sites for hydroxylation is 1. The van der Waals surface area contributed by atoms with E-state index < -0.39 is 0 Å². The van der Waals surface area contributed by atoms with Crippen molar-refractivity contribution in [3.63, 3.8) is 0 Å². The Morgan fingerprint density at radius 1 is 1.22 bits per heavy atom. The second-order valence-electron chi connectivity index (χ2n) is 3.94. The van der Waals surface area contributed by atoms with Gasteiger partial charge in [0, 0.05) is 4.47 Å². The lowest BCUT2D eigenvalue weighted by atomic mass is 10.2. The Bertz CT molecular complexity index is 570. The molecule has 0 atom stereocenters. The van der Waals surface area contributed by atoms with Crippen LogP contribution in [-0.2, 0) is 6.61 Å². The Labute approximate surface area is 119 Å². The Kier molecular flexibility index (Phi) is 4.27. The molecule has 0 aliphatic heterocycles. The number of hydrogen-bond acceptors (Lipinski definition) is 2. The number of rotatable bonds is 3. The van der Waals surface area contributed by atoms with Crippen molar-refractivity contribution in [3.05, 3.63) is 57.0 Å². The highest BCUT2D eigenvalue weighted by Crippen LogP contribution is 2.31. The third kappa shape index (κ3) is 3.05. The van der Waals surface area contributed by atoms with E-state index in [2.05, 4.69) is 15.9 Å². The summed E-state index contributed by atoms with van der Waals surface area (Å²) in [5.74, 6) is 1.31. The highest BCUT2D eigenvalue weighted by Gasteiger charge is 2.05. The van der Waals surface area contributed by atoms with Gasteiger partial charge < -0.3 is 9.84 Å². The van der Waals surface area contributed by atoms with Crippen LogP contribution >= 0.6 is 27.5 Å². The van der Waals surface area contributed by atoms with Gasteiger partial charge in [0.2, 0.25) is 0 Å². The summed E-state index contributed by atoms with van der Waals surface area (Å²) in [7, 11) is 0. The van der Waals surface area contributed by atoms with Crippen LogP contribution in [-0.4, -0.2) is 5.11 Å². The van der Waals surface area contributed by atoms with E-state index in [-0.39, 0.29) is 6.61 Å². The molecule has 0 aliphatic rings. The van der Waals surface area contributed by atoms with Gasteiger partial charge in [-0.25, -0.2) is 0 Å². The molecule has 0 aromatic heterocycles. The van der Waals surface area contributed by atoms with Gasteiger partial charge in [0.15, 0.2) is 0 Å². The van der Waals surface area contributed by atoms with E-state index in [1.54, 1.807) is 18.2 Å². The summed E-state index contributed by atoms with van der Waals surface area (Å²) in [5, 5.41) is 9.49. The molecule has 4 heteroatoms. The van der Waals surface area contributed by atoms with Gasteiger partial charge in [0.1, 0.15) is 11.5 Å². The molecule has 0 heterocycles. The fourth-order valence-electron chi connectivity index (χ4n) is 1.53. The van der Waals surface area contributed by atoms with Crippen molar-refractivity contribution in [3.8, 4) is 11.5 Å². The first-order chi connectivity index (χ1) is 8.60. The standard InChI is InChI=1S/C14H12BrClO2/c1-9-6-11(3-4-12(9)15)18-14-5-2-10(8-17)7-13(14)16/h2-7,17H,8H2,1H3. The Morgan fingerprint density at radius 3 is 2.61 bits per heavy atom. The lowest BCUT2D eigenvalue weighted by molar-refractivity contribution is 0.281. The van der Waals surface area contributed by atoms with Crippen molar-refractivity contribution in [2.45, 2.75) is 13.5 Å². The number of hydrogen-bond donors (Lipinski definition) is 1. The van der Waals surface area contributed by atoms with Crippen LogP contribution in [0.2, 0.25) is 5.02 Å². The van der Waals surface area contributed by atoms with Gasteiger partial charge in [0.05, 0.1) is 11.6 Å². The van der Waals surface area contributed by atoms with Gasteiger partial charge in [0.25, 0.3) is 0 Å². The van der Waals surface area contributed by atoms with Crippen LogP contribution in [0.5, 0.6) is 11.5 Å². The molecule has 0 fully saturated rings. The molecule has 1 N–H and O–H groups in total. The van der Waals surface area contributed by atoms with E-state index in [1.807, 2.05) is 25.1 Å². The van der Waals surface area contributed by atoms with Gasteiger partial charge in [-0.15, -0.1) is 0 Å². The second-order valence-corrected chi connectivity index (χ2v) is 5.20. The molecule has 0 saturated carbocycles. The third-order valence-electron chi connectivity index (χ3n) is 2.54. The molecule has 2 rings (SSSR count). The first-order valence-electron chi connectivity index (χ1n) is 5.43. The monoisotopic (exact) mass is 326 g/mol. The number of ether oxygens (including phenoxy) is 1. The molecular weight excluding hydrogens is 316 g/mol. The highest BCUT2D eigenvalue weighted by molar-refractivity contribution is 9.10. The van der Waals surface area contributed by atoms with Crippen molar-refractivity contribution >= 4 is 27.5 Å². The average Bonchev–Trinajstić information content (AvgIpc) is 2.36. The Balaban J connectivity index is 2.25. The molecule has 0 unspecified atom stereocenters. The zero-order valence-corrected chi connectivity index (χ0v) is 12.1. The fourth-order valence-corrected chi connectivity index (χ4v) is 2.02. The van der Waals surface area contributed by atoms with E-state index >= 15 is 0 Å². The highest BCUT2D eigenvalue weighted by atomic mass is 79.9. The Hall–Kier alpha value is -1.03. The molecular formula is C14H12BrClO2. The van der Waals surface area contributed by atoms with Crippen molar-refractivity contribution in [1.82, 2.24) is 0 Å². The van der Waals surface area contributed by atoms with Gasteiger partial charge in [-0.1, -0.05) is 33.6 Å². The minimum atomic E-state index is -0.0304. The number of aliphatic hydroxyl groups excluding tert-OH is 1. The smallest absolute Gasteiger partial charge is 0.146 e. The van der Waals surface area contributed by atoms with Crippen LogP contribution in [0.25, 0.3) is 0 Å². The first-order valence-corrected chi connectivity index (χ1v) is 6.60. The first kappa shape index (κ1) is 13.4. The van der Waals surface area contributed by atoms with Crippen molar-refractivity contribution in [2.24, 2.45) is 0 Å². The van der Waals surface area contributed by atoms with Crippen LogP contribution < -0.4 is 4.74 Å². The fraction of sp³-hybridized carbons (Fsp3) is 0.143. The molecule has 0 aliphatic carbocycles. The zero-order chi connectivity index (χ0) is 13.1. The lowest BCUT2D eigenvalue weighted by Crippen LogP contribution is -1.89. The van der Waals surface area contributed by atoms with E-state index in [1.165, 1.54) is 0 Å². The summed E-state index contributed by atoms with van der Waals surface area (Å²) in [5.41, 5.74) is 1.86. The second kappa shape index (κ2) is 5.74. The van der Waals surface area contributed by atoms with E-state index in [0.717, 1.165) is 21.3 Å². The molecule has 0 bridgehead atoms. The molecule has 0 radical (unpaired) electrons. The summed E-state index contributed by atoms with van der Waals surface area (Å²) in [6.07, 6.45) is 0. The van der Waals surface area contributed by atoms with Gasteiger partial charge in [-0.05, 0) is 48.4 Å². The lowest BCUT2D eigenvalue weighted by Gasteiger charge is -2.09. The molecule has 2 aromatic carbocycles. The van der Waals surface area contributed by atoms with Crippen LogP contribution in [0.4, 0.5) is 0 Å². The average molecular weight is 328 g/mol. The summed E-state index contributed by atoms with van der Waals surface area (Å²) in [6, 6.07) is 11.0. The zero-order valence-electron chi connectivity index (χ0n) is 9.78. The largest absolute Gasteiger partial charge is 0.456 e. The Morgan fingerprint density at radius 2 is 2.00 bits per heavy atom. The summed E-state index contributed by atoms with van der Waals surface area (Å²) in [6.45, 7) is 1.96. The third-order valence-corrected chi connectivity index (χ3v) is 3.72. The minimum Gasteiger partial charge on any atom is -0.456 e. The number of benzene rings is 2. The van der Waals surface area contributed by atoms with E-state index in [0.29, 0.717) is 10.8 Å². The normalized spacial score (nSPS) is 10.4. The SMILES string of the molecule is Cc1cc(Oc2ccc(CO)cc2Cl)ccc1Br. The van der Waals surface area contributed by atoms with Crippen LogP contribution in [0, 0.1) is 6.92 Å². The van der Waals surface area contributed by atoms with Crippen molar-refractivity contribution in [2.75, 3.05) is 0 Å².